The van der Waals surface area contributed by atoms with Crippen molar-refractivity contribution < 1.29 is 19.1 Å². The first-order valence-corrected chi connectivity index (χ1v) is 14.6. The van der Waals surface area contributed by atoms with Crippen LogP contribution in [0.15, 0.2) is 47.1 Å². The Morgan fingerprint density at radius 2 is 1.89 bits per heavy atom. The third kappa shape index (κ3) is 4.22. The number of esters is 1. The summed E-state index contributed by atoms with van der Waals surface area (Å²) < 4.78 is 6.08. The van der Waals surface area contributed by atoms with Crippen LogP contribution in [0.2, 0.25) is 0 Å². The number of carbonyl (C=O) groups is 3. The van der Waals surface area contributed by atoms with E-state index in [9.17, 15) is 14.4 Å². The number of hydrogen-bond acceptors (Lipinski definition) is 7. The van der Waals surface area contributed by atoms with E-state index in [4.69, 9.17) is 10.00 Å². The Labute approximate surface area is 229 Å². The molecule has 5 rings (SSSR count). The van der Waals surface area contributed by atoms with E-state index in [1.54, 1.807) is 0 Å². The molecule has 200 valence electrons. The molecule has 6 nitrogen and oxygen atoms in total. The number of rotatable bonds is 6. The van der Waals surface area contributed by atoms with Crippen LogP contribution < -0.4 is 4.90 Å². The van der Waals surface area contributed by atoms with E-state index in [-0.39, 0.29) is 35.1 Å². The molecule has 0 aromatic heterocycles. The molecule has 4 aliphatic carbocycles. The van der Waals surface area contributed by atoms with Crippen molar-refractivity contribution in [3.8, 4) is 5.40 Å². The van der Waals surface area contributed by atoms with Crippen molar-refractivity contribution in [1.29, 1.82) is 5.26 Å². The van der Waals surface area contributed by atoms with Crippen LogP contribution in [0.5, 0.6) is 0 Å². The number of anilines is 1. The molecular formula is C31H36N2O4S. The summed E-state index contributed by atoms with van der Waals surface area (Å²) in [5.74, 6) is 0.152. The Morgan fingerprint density at radius 3 is 2.55 bits per heavy atom. The first-order chi connectivity index (χ1) is 18.1. The number of ketones is 2. The van der Waals surface area contributed by atoms with Gasteiger partial charge in [-0.15, -0.1) is 0 Å². The molecule has 1 aromatic rings. The maximum absolute atomic E-state index is 13.8. The summed E-state index contributed by atoms with van der Waals surface area (Å²) in [5, 5.41) is 11.2. The predicted molar refractivity (Wildman–Crippen MR) is 149 cm³/mol. The summed E-state index contributed by atoms with van der Waals surface area (Å²) >= 11 is 0.917. The van der Waals surface area contributed by atoms with Crippen molar-refractivity contribution in [1.82, 2.24) is 0 Å². The highest BCUT2D eigenvalue weighted by Gasteiger charge is 2.68. The topological polar surface area (TPSA) is 87.5 Å². The molecule has 1 aromatic carbocycles. The van der Waals surface area contributed by atoms with Gasteiger partial charge in [0.1, 0.15) is 5.40 Å². The highest BCUT2D eigenvalue weighted by atomic mass is 32.2. The summed E-state index contributed by atoms with van der Waals surface area (Å²) in [6.45, 7) is 3.54. The number of allylic oxidation sites excluding steroid dienone is 4. The third-order valence-corrected chi connectivity index (χ3v) is 10.2. The lowest BCUT2D eigenvalue weighted by atomic mass is 9.50. The minimum Gasteiger partial charge on any atom is -0.451 e. The largest absolute Gasteiger partial charge is 0.451 e. The molecule has 4 aliphatic rings. The molecule has 0 aliphatic heterocycles. The molecule has 0 radical (unpaired) electrons. The van der Waals surface area contributed by atoms with Gasteiger partial charge in [-0.05, 0) is 97.0 Å². The normalized spacial score (nSPS) is 31.9. The van der Waals surface area contributed by atoms with Gasteiger partial charge in [0.2, 0.25) is 0 Å². The van der Waals surface area contributed by atoms with Crippen LogP contribution in [-0.2, 0) is 19.1 Å². The van der Waals surface area contributed by atoms with Crippen molar-refractivity contribution in [2.45, 2.75) is 70.3 Å². The summed E-state index contributed by atoms with van der Waals surface area (Å²) in [4.78, 5) is 40.6. The quantitative estimate of drug-likeness (QED) is 0.341. The lowest BCUT2D eigenvalue weighted by Crippen LogP contribution is -2.58. The van der Waals surface area contributed by atoms with E-state index < -0.39 is 17.0 Å². The number of thiocyanates is 1. The van der Waals surface area contributed by atoms with Crippen LogP contribution in [0.1, 0.15) is 70.3 Å². The van der Waals surface area contributed by atoms with Gasteiger partial charge >= 0.3 is 5.97 Å². The monoisotopic (exact) mass is 532 g/mol. The van der Waals surface area contributed by atoms with Crippen molar-refractivity contribution >= 4 is 35.0 Å². The zero-order valence-corrected chi connectivity index (χ0v) is 23.5. The molecule has 0 unspecified atom stereocenters. The molecule has 0 saturated heterocycles. The van der Waals surface area contributed by atoms with Gasteiger partial charge in [-0.1, -0.05) is 24.6 Å². The van der Waals surface area contributed by atoms with E-state index >= 15 is 0 Å². The molecule has 5 atom stereocenters. The van der Waals surface area contributed by atoms with Crippen LogP contribution >= 0.6 is 11.8 Å². The van der Waals surface area contributed by atoms with Crippen LogP contribution in [0, 0.1) is 27.9 Å². The number of fused-ring (bicyclic) bond motifs is 4. The number of nitrogens with zero attached hydrogens (tertiary/aromatic N) is 2. The maximum atomic E-state index is 13.8. The highest BCUT2D eigenvalue weighted by molar-refractivity contribution is 8.04. The van der Waals surface area contributed by atoms with Crippen molar-refractivity contribution in [2.24, 2.45) is 17.3 Å². The average Bonchev–Trinajstić information content (AvgIpc) is 3.18. The lowest BCUT2D eigenvalue weighted by Gasteiger charge is -2.55. The number of hydrogen-bond donors (Lipinski definition) is 0. The van der Waals surface area contributed by atoms with Gasteiger partial charge in [0, 0.05) is 44.5 Å². The van der Waals surface area contributed by atoms with Gasteiger partial charge in [-0.2, -0.15) is 5.26 Å². The predicted octanol–water partition coefficient (Wildman–Crippen LogP) is 5.74. The van der Waals surface area contributed by atoms with Gasteiger partial charge in [0.15, 0.2) is 17.2 Å². The molecule has 2 fully saturated rings. The summed E-state index contributed by atoms with van der Waals surface area (Å²) in [6.07, 6.45) is 6.97. The van der Waals surface area contributed by atoms with E-state index in [2.05, 4.69) is 36.1 Å². The fourth-order valence-electron chi connectivity index (χ4n) is 8.09. The number of ether oxygens (including phenoxy) is 1. The number of Topliss-reactive ketones (excluding diaryl/α,β-unsaturated/α-hetero) is 1. The van der Waals surface area contributed by atoms with Gasteiger partial charge in [-0.3, -0.25) is 14.4 Å². The molecular weight excluding hydrogens is 496 g/mol. The van der Waals surface area contributed by atoms with E-state index in [0.29, 0.717) is 19.3 Å². The van der Waals surface area contributed by atoms with Gasteiger partial charge in [0.05, 0.1) is 5.75 Å². The van der Waals surface area contributed by atoms with Crippen LogP contribution in [0.25, 0.3) is 0 Å². The lowest BCUT2D eigenvalue weighted by molar-refractivity contribution is -0.182. The number of carbonyl (C=O) groups excluding carboxylic acids is 3. The minimum absolute atomic E-state index is 0.0158. The second kappa shape index (κ2) is 10.0. The first-order valence-electron chi connectivity index (χ1n) is 13.6. The van der Waals surface area contributed by atoms with Crippen molar-refractivity contribution in [2.75, 3.05) is 24.7 Å². The molecule has 2 saturated carbocycles. The molecule has 0 N–H and O–H groups in total. The number of benzene rings is 1. The zero-order chi connectivity index (χ0) is 27.2. The molecule has 38 heavy (non-hydrogen) atoms. The van der Waals surface area contributed by atoms with Crippen LogP contribution in [0.4, 0.5) is 5.69 Å². The molecule has 0 amide bonds. The Hall–Kier alpha value is -2.85. The Kier molecular flexibility index (Phi) is 7.06. The fourth-order valence-corrected chi connectivity index (χ4v) is 8.52. The Balaban J connectivity index is 1.67. The molecule has 0 bridgehead atoms. The summed E-state index contributed by atoms with van der Waals surface area (Å²) in [6, 6.07) is 8.65. The standard InChI is InChI=1S/C31H36N2O4S/c1-19(34)37-31(28(36)17-38-18-32)14-13-27-25-11-7-21-15-23(35)10-12-24(21)29(25)26(16-30(27,31)2)20-5-8-22(9-6-20)33(3)4/h5-6,8-9,15,25-27H,7,10-14,16-17H2,1-4H3/t25-,26+,27-,30-,31-/m0/s1. The van der Waals surface area contributed by atoms with Crippen molar-refractivity contribution in [3.05, 3.63) is 52.6 Å². The molecule has 0 heterocycles. The van der Waals surface area contributed by atoms with Crippen molar-refractivity contribution in [3.63, 3.8) is 0 Å². The fraction of sp³-hybridized carbons (Fsp3) is 0.548. The van der Waals surface area contributed by atoms with Crippen LogP contribution in [-0.4, -0.2) is 43.0 Å². The highest BCUT2D eigenvalue weighted by Crippen LogP contribution is 2.68. The van der Waals surface area contributed by atoms with Gasteiger partial charge in [0.25, 0.3) is 0 Å². The van der Waals surface area contributed by atoms with E-state index in [1.165, 1.54) is 29.2 Å². The first kappa shape index (κ1) is 26.7. The molecule has 7 heteroatoms. The van der Waals surface area contributed by atoms with Crippen LogP contribution in [0.3, 0.4) is 0 Å². The second-order valence-electron chi connectivity index (χ2n) is 11.7. The number of nitriles is 1. The summed E-state index contributed by atoms with van der Waals surface area (Å²) in [7, 11) is 4.05. The smallest absolute Gasteiger partial charge is 0.303 e. The second-order valence-corrected chi connectivity index (χ2v) is 12.5. The Morgan fingerprint density at radius 1 is 1.16 bits per heavy atom. The van der Waals surface area contributed by atoms with E-state index in [1.807, 2.05) is 25.6 Å². The third-order valence-electron chi connectivity index (χ3n) is 9.70. The zero-order valence-electron chi connectivity index (χ0n) is 22.7. The van der Waals surface area contributed by atoms with Gasteiger partial charge < -0.3 is 9.64 Å². The average molecular weight is 533 g/mol. The van der Waals surface area contributed by atoms with Gasteiger partial charge in [-0.25, -0.2) is 0 Å². The maximum Gasteiger partial charge on any atom is 0.303 e. The molecule has 0 spiro atoms. The summed E-state index contributed by atoms with van der Waals surface area (Å²) in [5.41, 5.74) is 4.50. The number of thioether (sulfide) groups is 1. The minimum atomic E-state index is -1.23. The SMILES string of the molecule is CC(=O)O[C@]1(C(=O)CSC#N)CC[C@H]2[C@@H]3CCC4=CC(=O)CCC4=C3[C@@H](c3ccc(N(C)C)cc3)C[C@@]21C. The van der Waals surface area contributed by atoms with E-state index in [0.717, 1.165) is 43.1 Å². The Bertz CT molecular complexity index is 1270.